The fraction of sp³-hybridized carbons (Fsp3) is 0.462. The van der Waals surface area contributed by atoms with Crippen LogP contribution in [0.3, 0.4) is 0 Å². The summed E-state index contributed by atoms with van der Waals surface area (Å²) in [4.78, 5) is 66.9. The first-order chi connectivity index (χ1) is 23.0. The van der Waals surface area contributed by atoms with E-state index in [4.69, 9.17) is 4.74 Å². The van der Waals surface area contributed by atoms with Crippen molar-refractivity contribution in [3.8, 4) is 0 Å². The molecule has 9 heteroatoms. The second kappa shape index (κ2) is 17.9. The van der Waals surface area contributed by atoms with Gasteiger partial charge in [0.25, 0.3) is 5.91 Å². The fourth-order valence-electron chi connectivity index (χ4n) is 6.48. The summed E-state index contributed by atoms with van der Waals surface area (Å²) in [7, 11) is 0. The van der Waals surface area contributed by atoms with E-state index in [0.717, 1.165) is 41.2 Å². The number of hydrogen-bond donors (Lipinski definition) is 2. The lowest BCUT2D eigenvalue weighted by atomic mass is 9.83. The zero-order valence-electron chi connectivity index (χ0n) is 28.5. The van der Waals surface area contributed by atoms with Crippen LogP contribution < -0.4 is 10.6 Å². The molecule has 8 nitrogen and oxygen atoms in total. The fourth-order valence-corrected chi connectivity index (χ4v) is 7.31. The molecular formula is C39H48N2O6S. The Morgan fingerprint density at radius 2 is 1.79 bits per heavy atom. The standard InChI is InChI=1S/C39H48N2O6S/c1-5-47-36(44)18-17-31(22-29-12-7-9-16-34(29)42)40-38(45)30(21-25(2)3)24-35(43)33(41-39(46)37-26(4)19-20-48-37)23-28-14-10-13-27-11-6-8-15-32(27)28/h6,8,10-11,13-15,17-20,25,29-31,33H,5,7,9,12,16,21-24H2,1-4H3,(H,40,45)(H,41,46)/b18-17+/t29-,30+,31?,33-/m0/s1. The summed E-state index contributed by atoms with van der Waals surface area (Å²) >= 11 is 1.33. The summed E-state index contributed by atoms with van der Waals surface area (Å²) in [6.45, 7) is 7.81. The van der Waals surface area contributed by atoms with Crippen LogP contribution in [-0.4, -0.2) is 48.0 Å². The van der Waals surface area contributed by atoms with Gasteiger partial charge in [-0.3, -0.25) is 19.2 Å². The highest BCUT2D eigenvalue weighted by Gasteiger charge is 2.32. The maximum absolute atomic E-state index is 14.2. The van der Waals surface area contributed by atoms with Crippen molar-refractivity contribution < 1.29 is 28.7 Å². The van der Waals surface area contributed by atoms with Crippen molar-refractivity contribution in [1.82, 2.24) is 10.6 Å². The van der Waals surface area contributed by atoms with Gasteiger partial charge in [0.2, 0.25) is 5.91 Å². The number of fused-ring (bicyclic) bond motifs is 1. The number of esters is 1. The van der Waals surface area contributed by atoms with E-state index in [0.29, 0.717) is 24.1 Å². The van der Waals surface area contributed by atoms with E-state index in [1.54, 1.807) is 13.0 Å². The Kier molecular flexibility index (Phi) is 13.7. The van der Waals surface area contributed by atoms with E-state index >= 15 is 0 Å². The van der Waals surface area contributed by atoms with Crippen LogP contribution >= 0.6 is 11.3 Å². The van der Waals surface area contributed by atoms with Crippen LogP contribution in [-0.2, 0) is 30.3 Å². The molecule has 4 atom stereocenters. The van der Waals surface area contributed by atoms with Crippen molar-refractivity contribution in [3.05, 3.63) is 82.1 Å². The molecule has 1 unspecified atom stereocenters. The predicted molar refractivity (Wildman–Crippen MR) is 190 cm³/mol. The number of ether oxygens (including phenoxy) is 1. The van der Waals surface area contributed by atoms with E-state index in [1.807, 2.05) is 74.7 Å². The highest BCUT2D eigenvalue weighted by atomic mass is 32.1. The Morgan fingerprint density at radius 3 is 2.50 bits per heavy atom. The SMILES string of the molecule is CCOC(=O)/C=C/C(C[C@@H]1CCCCC1=O)NC(=O)[C@@H](CC(=O)[C@H](Cc1cccc2ccccc12)NC(=O)c1sccc1C)CC(C)C. The molecule has 48 heavy (non-hydrogen) atoms. The smallest absolute Gasteiger partial charge is 0.330 e. The molecule has 2 amide bonds. The van der Waals surface area contributed by atoms with E-state index < -0.39 is 24.0 Å². The van der Waals surface area contributed by atoms with Crippen LogP contribution in [0, 0.1) is 24.7 Å². The highest BCUT2D eigenvalue weighted by molar-refractivity contribution is 7.12. The zero-order valence-corrected chi connectivity index (χ0v) is 29.3. The first kappa shape index (κ1) is 36.7. The maximum atomic E-state index is 14.2. The Balaban J connectivity index is 1.58. The molecule has 1 fully saturated rings. The summed E-state index contributed by atoms with van der Waals surface area (Å²) in [6.07, 6.45) is 7.00. The van der Waals surface area contributed by atoms with Gasteiger partial charge in [0.1, 0.15) is 5.78 Å². The zero-order chi connectivity index (χ0) is 34.6. The molecule has 0 aliphatic heterocycles. The Morgan fingerprint density at radius 1 is 1.02 bits per heavy atom. The van der Waals surface area contributed by atoms with E-state index in [-0.39, 0.29) is 54.7 Å². The number of carbonyl (C=O) groups excluding carboxylic acids is 5. The Labute approximate surface area is 287 Å². The van der Waals surface area contributed by atoms with Crippen molar-refractivity contribution in [2.24, 2.45) is 17.8 Å². The molecule has 2 N–H and O–H groups in total. The van der Waals surface area contributed by atoms with Crippen molar-refractivity contribution in [2.75, 3.05) is 6.61 Å². The summed E-state index contributed by atoms with van der Waals surface area (Å²) < 4.78 is 5.04. The topological polar surface area (TPSA) is 119 Å². The molecule has 1 aliphatic carbocycles. The number of thiophene rings is 1. The van der Waals surface area contributed by atoms with Gasteiger partial charge in [-0.15, -0.1) is 11.3 Å². The molecule has 1 aliphatic rings. The lowest BCUT2D eigenvalue weighted by molar-refractivity contribution is -0.137. The van der Waals surface area contributed by atoms with Gasteiger partial charge in [0.15, 0.2) is 5.78 Å². The number of nitrogens with one attached hydrogen (secondary N) is 2. The molecule has 2 aromatic carbocycles. The number of rotatable bonds is 16. The number of Topliss-reactive ketones (excluding diaryl/α,β-unsaturated/α-hetero) is 2. The van der Waals surface area contributed by atoms with Gasteiger partial charge in [-0.1, -0.05) is 68.8 Å². The Bertz CT molecular complexity index is 1620. The lowest BCUT2D eigenvalue weighted by Crippen LogP contribution is -2.45. The third-order valence-corrected chi connectivity index (χ3v) is 9.95. The largest absolute Gasteiger partial charge is 0.463 e. The maximum Gasteiger partial charge on any atom is 0.330 e. The minimum Gasteiger partial charge on any atom is -0.463 e. The molecule has 0 spiro atoms. The van der Waals surface area contributed by atoms with Gasteiger partial charge in [-0.25, -0.2) is 4.79 Å². The molecule has 1 aromatic heterocycles. The van der Waals surface area contributed by atoms with Gasteiger partial charge in [-0.05, 0) is 78.8 Å². The molecule has 3 aromatic rings. The molecule has 256 valence electrons. The van der Waals surface area contributed by atoms with Gasteiger partial charge < -0.3 is 15.4 Å². The van der Waals surface area contributed by atoms with Gasteiger partial charge in [0.05, 0.1) is 17.5 Å². The average molecular weight is 673 g/mol. The van der Waals surface area contributed by atoms with Crippen molar-refractivity contribution >= 4 is 51.5 Å². The van der Waals surface area contributed by atoms with Crippen LogP contribution in [0.25, 0.3) is 10.8 Å². The second-order valence-corrected chi connectivity index (χ2v) is 14.1. The van der Waals surface area contributed by atoms with Crippen molar-refractivity contribution in [3.63, 3.8) is 0 Å². The van der Waals surface area contributed by atoms with E-state index in [1.165, 1.54) is 17.4 Å². The van der Waals surface area contributed by atoms with E-state index in [2.05, 4.69) is 10.6 Å². The van der Waals surface area contributed by atoms with Crippen LogP contribution in [0.4, 0.5) is 0 Å². The van der Waals surface area contributed by atoms with Crippen molar-refractivity contribution in [2.45, 2.75) is 91.1 Å². The second-order valence-electron chi connectivity index (χ2n) is 13.2. The summed E-state index contributed by atoms with van der Waals surface area (Å²) in [5, 5.41) is 9.95. The molecule has 0 radical (unpaired) electrons. The molecule has 0 bridgehead atoms. The molecule has 4 rings (SSSR count). The Hall–Kier alpha value is -4.11. The normalized spacial score (nSPS) is 16.9. The minimum absolute atomic E-state index is 0.0696. The number of benzene rings is 2. The number of aryl methyl sites for hydroxylation is 1. The van der Waals surface area contributed by atoms with Gasteiger partial charge in [0, 0.05) is 43.2 Å². The highest BCUT2D eigenvalue weighted by Crippen LogP contribution is 2.27. The van der Waals surface area contributed by atoms with E-state index in [9.17, 15) is 24.0 Å². The first-order valence-corrected chi connectivity index (χ1v) is 18.0. The number of ketones is 2. The lowest BCUT2D eigenvalue weighted by Gasteiger charge is -2.27. The van der Waals surface area contributed by atoms with Crippen LogP contribution in [0.2, 0.25) is 0 Å². The monoisotopic (exact) mass is 672 g/mol. The predicted octanol–water partition coefficient (Wildman–Crippen LogP) is 6.93. The summed E-state index contributed by atoms with van der Waals surface area (Å²) in [5.41, 5.74) is 1.77. The number of amides is 2. The molecule has 1 heterocycles. The number of hydrogen-bond acceptors (Lipinski definition) is 7. The average Bonchev–Trinajstić information content (AvgIpc) is 3.49. The number of carbonyl (C=O) groups is 5. The summed E-state index contributed by atoms with van der Waals surface area (Å²) in [6, 6.07) is 14.3. The summed E-state index contributed by atoms with van der Waals surface area (Å²) in [5.74, 6) is -1.97. The quantitative estimate of drug-likeness (QED) is 0.126. The molecular weight excluding hydrogens is 625 g/mol. The van der Waals surface area contributed by atoms with Crippen LogP contribution in [0.5, 0.6) is 0 Å². The van der Waals surface area contributed by atoms with Crippen LogP contribution in [0.15, 0.2) is 66.1 Å². The minimum atomic E-state index is -0.855. The molecule has 1 saturated carbocycles. The third-order valence-electron chi connectivity index (χ3n) is 8.94. The first-order valence-electron chi connectivity index (χ1n) is 17.1. The third kappa shape index (κ3) is 10.4. The molecule has 0 saturated heterocycles. The van der Waals surface area contributed by atoms with Crippen LogP contribution in [0.1, 0.15) is 86.5 Å². The van der Waals surface area contributed by atoms with Crippen molar-refractivity contribution in [1.29, 1.82) is 0 Å². The van der Waals surface area contributed by atoms with Gasteiger partial charge >= 0.3 is 5.97 Å². The van der Waals surface area contributed by atoms with Gasteiger partial charge in [-0.2, -0.15) is 0 Å².